The highest BCUT2D eigenvalue weighted by Gasteiger charge is 2.16. The van der Waals surface area contributed by atoms with Crippen LogP contribution in [0.5, 0.6) is 5.75 Å². The van der Waals surface area contributed by atoms with E-state index in [1.165, 1.54) is 5.39 Å². The Labute approximate surface area is 114 Å². The van der Waals surface area contributed by atoms with Gasteiger partial charge in [-0.05, 0) is 55.3 Å². The predicted octanol–water partition coefficient (Wildman–Crippen LogP) is 3.42. The molecule has 19 heavy (non-hydrogen) atoms. The van der Waals surface area contributed by atoms with Crippen LogP contribution < -0.4 is 10.1 Å². The molecule has 2 aromatic rings. The molecule has 2 aromatic carbocycles. The molecule has 0 heterocycles. The molecule has 2 N–H and O–H groups in total. The summed E-state index contributed by atoms with van der Waals surface area (Å²) in [5.74, 6) is 0.869. The number of aliphatic hydroxyl groups excluding tert-OH is 1. The molecule has 3 nitrogen and oxygen atoms in total. The Morgan fingerprint density at radius 3 is 2.47 bits per heavy atom. The van der Waals surface area contributed by atoms with E-state index in [2.05, 4.69) is 43.4 Å². The lowest BCUT2D eigenvalue weighted by atomic mass is 10.00. The number of hydrogen-bond donors (Lipinski definition) is 2. The molecule has 0 spiro atoms. The molecule has 0 atom stereocenters. The lowest BCUT2D eigenvalue weighted by molar-refractivity contribution is 0.261. The Bertz CT molecular complexity index is 564. The highest BCUT2D eigenvalue weighted by molar-refractivity contribution is 5.87. The van der Waals surface area contributed by atoms with Crippen LogP contribution in [-0.2, 0) is 0 Å². The lowest BCUT2D eigenvalue weighted by Gasteiger charge is -2.27. The summed E-state index contributed by atoms with van der Waals surface area (Å²) in [5, 5.41) is 14.8. The van der Waals surface area contributed by atoms with Crippen molar-refractivity contribution in [1.29, 1.82) is 0 Å². The second kappa shape index (κ2) is 5.49. The van der Waals surface area contributed by atoms with Crippen LogP contribution >= 0.6 is 0 Å². The maximum atomic E-state index is 9.06. The molecule has 0 aliphatic carbocycles. The Morgan fingerprint density at radius 2 is 1.79 bits per heavy atom. The molecule has 0 aliphatic heterocycles. The number of ether oxygens (including phenoxy) is 1. The van der Waals surface area contributed by atoms with Crippen molar-refractivity contribution in [3.63, 3.8) is 0 Å². The van der Waals surface area contributed by atoms with Crippen molar-refractivity contribution >= 4 is 16.5 Å². The van der Waals surface area contributed by atoms with E-state index >= 15 is 0 Å². The Morgan fingerprint density at radius 1 is 1.11 bits per heavy atom. The third-order valence-electron chi connectivity index (χ3n) is 3.27. The van der Waals surface area contributed by atoms with E-state index < -0.39 is 0 Å². The second-order valence-corrected chi connectivity index (χ2v) is 5.41. The molecule has 3 heteroatoms. The zero-order chi connectivity index (χ0) is 13.9. The van der Waals surface area contributed by atoms with Crippen molar-refractivity contribution in [3.05, 3.63) is 36.4 Å². The number of methoxy groups -OCH3 is 1. The molecule has 0 fully saturated rings. The number of anilines is 1. The van der Waals surface area contributed by atoms with E-state index in [0.717, 1.165) is 16.8 Å². The van der Waals surface area contributed by atoms with Gasteiger partial charge in [-0.3, -0.25) is 0 Å². The van der Waals surface area contributed by atoms with Gasteiger partial charge in [-0.25, -0.2) is 0 Å². The Balaban J connectivity index is 2.27. The fourth-order valence-electron chi connectivity index (χ4n) is 2.16. The molecule has 2 rings (SSSR count). The quantitative estimate of drug-likeness (QED) is 0.864. The van der Waals surface area contributed by atoms with Crippen molar-refractivity contribution in [1.82, 2.24) is 0 Å². The monoisotopic (exact) mass is 259 g/mol. The van der Waals surface area contributed by atoms with Gasteiger partial charge in [0, 0.05) is 17.8 Å². The van der Waals surface area contributed by atoms with Gasteiger partial charge in [0.1, 0.15) is 5.75 Å². The van der Waals surface area contributed by atoms with Gasteiger partial charge < -0.3 is 15.2 Å². The SMILES string of the molecule is COc1ccc2cc(NC(C)(C)CCO)ccc2c1. The van der Waals surface area contributed by atoms with Crippen molar-refractivity contribution in [2.24, 2.45) is 0 Å². The van der Waals surface area contributed by atoms with Crippen LogP contribution in [0, 0.1) is 0 Å². The van der Waals surface area contributed by atoms with Gasteiger partial charge in [0.15, 0.2) is 0 Å². The first-order valence-corrected chi connectivity index (χ1v) is 6.51. The molecule has 0 saturated carbocycles. The number of aliphatic hydroxyl groups is 1. The molecule has 0 amide bonds. The molecule has 0 aliphatic rings. The highest BCUT2D eigenvalue weighted by atomic mass is 16.5. The fraction of sp³-hybridized carbons (Fsp3) is 0.375. The van der Waals surface area contributed by atoms with Crippen LogP contribution in [0.15, 0.2) is 36.4 Å². The van der Waals surface area contributed by atoms with Crippen molar-refractivity contribution in [3.8, 4) is 5.75 Å². The minimum atomic E-state index is -0.116. The number of rotatable bonds is 5. The Hall–Kier alpha value is -1.74. The van der Waals surface area contributed by atoms with Crippen LogP contribution in [0.3, 0.4) is 0 Å². The summed E-state index contributed by atoms with van der Waals surface area (Å²) in [6.07, 6.45) is 0.716. The molecule has 0 unspecified atom stereocenters. The fourth-order valence-corrected chi connectivity index (χ4v) is 2.16. The van der Waals surface area contributed by atoms with Gasteiger partial charge in [-0.15, -0.1) is 0 Å². The first-order chi connectivity index (χ1) is 9.04. The van der Waals surface area contributed by atoms with E-state index in [1.807, 2.05) is 12.1 Å². The minimum Gasteiger partial charge on any atom is -0.497 e. The second-order valence-electron chi connectivity index (χ2n) is 5.41. The molecule has 0 saturated heterocycles. The van der Waals surface area contributed by atoms with Crippen LogP contribution in [0.4, 0.5) is 5.69 Å². The summed E-state index contributed by atoms with van der Waals surface area (Å²) in [6.45, 7) is 4.35. The van der Waals surface area contributed by atoms with E-state index in [-0.39, 0.29) is 12.1 Å². The smallest absolute Gasteiger partial charge is 0.119 e. The number of fused-ring (bicyclic) bond motifs is 1. The highest BCUT2D eigenvalue weighted by Crippen LogP contribution is 2.25. The van der Waals surface area contributed by atoms with Crippen LogP contribution in [0.2, 0.25) is 0 Å². The third-order valence-corrected chi connectivity index (χ3v) is 3.27. The molecule has 0 bridgehead atoms. The van der Waals surface area contributed by atoms with Gasteiger partial charge in [0.2, 0.25) is 0 Å². The summed E-state index contributed by atoms with van der Waals surface area (Å²) in [7, 11) is 1.68. The average Bonchev–Trinajstić information content (AvgIpc) is 2.37. The predicted molar refractivity (Wildman–Crippen MR) is 79.9 cm³/mol. The third kappa shape index (κ3) is 3.38. The standard InChI is InChI=1S/C16H21NO2/c1-16(2,8-9-18)17-14-6-4-13-11-15(19-3)7-5-12(13)10-14/h4-7,10-11,17-18H,8-9H2,1-3H3. The van der Waals surface area contributed by atoms with E-state index in [9.17, 15) is 0 Å². The van der Waals surface area contributed by atoms with Gasteiger partial charge in [0.05, 0.1) is 7.11 Å². The summed E-state index contributed by atoms with van der Waals surface area (Å²) < 4.78 is 5.22. The number of hydrogen-bond acceptors (Lipinski definition) is 3. The first kappa shape index (κ1) is 13.7. The topological polar surface area (TPSA) is 41.5 Å². The first-order valence-electron chi connectivity index (χ1n) is 6.51. The van der Waals surface area contributed by atoms with Gasteiger partial charge in [-0.1, -0.05) is 12.1 Å². The molecule has 0 radical (unpaired) electrons. The minimum absolute atomic E-state index is 0.116. The van der Waals surface area contributed by atoms with Gasteiger partial charge >= 0.3 is 0 Å². The Kier molecular flexibility index (Phi) is 3.96. The average molecular weight is 259 g/mol. The van der Waals surface area contributed by atoms with E-state index in [1.54, 1.807) is 7.11 Å². The van der Waals surface area contributed by atoms with E-state index in [4.69, 9.17) is 9.84 Å². The summed E-state index contributed by atoms with van der Waals surface area (Å²) in [6, 6.07) is 12.3. The molecule has 0 aromatic heterocycles. The zero-order valence-electron chi connectivity index (χ0n) is 11.7. The zero-order valence-corrected chi connectivity index (χ0v) is 11.7. The van der Waals surface area contributed by atoms with Crippen LogP contribution in [0.25, 0.3) is 10.8 Å². The van der Waals surface area contributed by atoms with Crippen molar-refractivity contribution in [2.75, 3.05) is 19.0 Å². The maximum Gasteiger partial charge on any atom is 0.119 e. The maximum absolute atomic E-state index is 9.06. The normalized spacial score (nSPS) is 11.6. The van der Waals surface area contributed by atoms with Crippen LogP contribution in [0.1, 0.15) is 20.3 Å². The lowest BCUT2D eigenvalue weighted by Crippen LogP contribution is -2.31. The summed E-state index contributed by atoms with van der Waals surface area (Å²) in [4.78, 5) is 0. The molecular formula is C16H21NO2. The number of nitrogens with one attached hydrogen (secondary N) is 1. The van der Waals surface area contributed by atoms with Crippen LogP contribution in [-0.4, -0.2) is 24.4 Å². The molecule has 102 valence electrons. The van der Waals surface area contributed by atoms with Gasteiger partial charge in [0.25, 0.3) is 0 Å². The van der Waals surface area contributed by atoms with Gasteiger partial charge in [-0.2, -0.15) is 0 Å². The van der Waals surface area contributed by atoms with Crippen molar-refractivity contribution < 1.29 is 9.84 Å². The number of benzene rings is 2. The van der Waals surface area contributed by atoms with E-state index in [0.29, 0.717) is 6.42 Å². The largest absolute Gasteiger partial charge is 0.497 e. The summed E-state index contributed by atoms with van der Waals surface area (Å²) in [5.41, 5.74) is 0.950. The summed E-state index contributed by atoms with van der Waals surface area (Å²) >= 11 is 0. The van der Waals surface area contributed by atoms with Crippen molar-refractivity contribution in [2.45, 2.75) is 25.8 Å². The molecular weight excluding hydrogens is 238 g/mol.